The summed E-state index contributed by atoms with van der Waals surface area (Å²) in [5.74, 6) is 0.125. The smallest absolute Gasteiger partial charge is 0.409 e. The molecule has 148 valence electrons. The number of carbonyl (C=O) groups is 2. The molecule has 0 aromatic heterocycles. The number of rotatable bonds is 6. The van der Waals surface area contributed by atoms with Crippen molar-refractivity contribution in [1.82, 2.24) is 9.80 Å². The topological polar surface area (TPSA) is 65.1 Å². The van der Waals surface area contributed by atoms with Crippen LogP contribution in [-0.4, -0.2) is 74.2 Å². The number of nitrogens with one attached hydrogen (secondary N) is 1. The molecule has 0 saturated carbocycles. The number of amides is 2. The predicted octanol–water partition coefficient (Wildman–Crippen LogP) is 2.39. The minimum Gasteiger partial charge on any atom is -0.450 e. The summed E-state index contributed by atoms with van der Waals surface area (Å²) in [6, 6.07) is 8.45. The molecule has 0 aliphatic carbocycles. The fourth-order valence-electron chi connectivity index (χ4n) is 3.59. The van der Waals surface area contributed by atoms with Gasteiger partial charge in [0.1, 0.15) is 0 Å². The predicted molar refractivity (Wildman–Crippen MR) is 106 cm³/mol. The molecule has 2 aliphatic heterocycles. The third kappa shape index (κ3) is 5.28. The van der Waals surface area contributed by atoms with Crippen molar-refractivity contribution in [2.24, 2.45) is 0 Å². The van der Waals surface area contributed by atoms with E-state index in [0.717, 1.165) is 18.8 Å². The van der Waals surface area contributed by atoms with Gasteiger partial charge in [-0.1, -0.05) is 0 Å². The summed E-state index contributed by atoms with van der Waals surface area (Å²) >= 11 is 0. The first-order valence-electron chi connectivity index (χ1n) is 9.95. The Morgan fingerprint density at radius 1 is 0.963 bits per heavy atom. The first-order chi connectivity index (χ1) is 13.2. The van der Waals surface area contributed by atoms with Crippen LogP contribution in [0.15, 0.2) is 24.3 Å². The van der Waals surface area contributed by atoms with Gasteiger partial charge in [0.25, 0.3) is 0 Å². The average Bonchev–Trinajstić information content (AvgIpc) is 3.23. The summed E-state index contributed by atoms with van der Waals surface area (Å²) < 4.78 is 5.00. The molecule has 0 radical (unpaired) electrons. The lowest BCUT2D eigenvalue weighted by molar-refractivity contribution is -0.132. The summed E-state index contributed by atoms with van der Waals surface area (Å²) in [5.41, 5.74) is 2.31. The van der Waals surface area contributed by atoms with Crippen molar-refractivity contribution in [3.05, 3.63) is 24.3 Å². The Balaban J connectivity index is 1.36. The maximum Gasteiger partial charge on any atom is 0.409 e. The van der Waals surface area contributed by atoms with Gasteiger partial charge >= 0.3 is 6.09 Å². The Hall–Kier alpha value is -2.44. The molecule has 3 rings (SSSR count). The summed E-state index contributed by atoms with van der Waals surface area (Å²) in [7, 11) is 0. The van der Waals surface area contributed by atoms with E-state index in [2.05, 4.69) is 34.5 Å². The normalized spacial score (nSPS) is 17.1. The van der Waals surface area contributed by atoms with Gasteiger partial charge in [-0.25, -0.2) is 4.79 Å². The molecule has 0 atom stereocenters. The van der Waals surface area contributed by atoms with Crippen LogP contribution in [0, 0.1) is 0 Å². The molecule has 0 bridgehead atoms. The van der Waals surface area contributed by atoms with Gasteiger partial charge in [0.05, 0.1) is 6.61 Å². The Kier molecular flexibility index (Phi) is 6.79. The second-order valence-corrected chi connectivity index (χ2v) is 6.98. The molecule has 2 heterocycles. The van der Waals surface area contributed by atoms with Gasteiger partial charge in [-0.2, -0.15) is 0 Å². The third-order valence-corrected chi connectivity index (χ3v) is 5.16. The second kappa shape index (κ2) is 9.48. The molecular formula is C20H30N4O3. The second-order valence-electron chi connectivity index (χ2n) is 6.98. The number of hydrogen-bond acceptors (Lipinski definition) is 5. The molecule has 0 unspecified atom stereocenters. The molecule has 0 spiro atoms. The van der Waals surface area contributed by atoms with Gasteiger partial charge in [-0.15, -0.1) is 0 Å². The summed E-state index contributed by atoms with van der Waals surface area (Å²) in [5, 5.41) is 3.33. The van der Waals surface area contributed by atoms with E-state index in [0.29, 0.717) is 45.8 Å². The highest BCUT2D eigenvalue weighted by Crippen LogP contribution is 2.22. The van der Waals surface area contributed by atoms with Crippen molar-refractivity contribution in [3.8, 4) is 0 Å². The minimum atomic E-state index is -0.288. The summed E-state index contributed by atoms with van der Waals surface area (Å²) in [6.07, 6.45) is 2.71. The lowest BCUT2D eigenvalue weighted by atomic mass is 10.2. The lowest BCUT2D eigenvalue weighted by Gasteiger charge is -2.34. The van der Waals surface area contributed by atoms with Crippen LogP contribution in [0.25, 0.3) is 0 Å². The van der Waals surface area contributed by atoms with Crippen molar-refractivity contribution in [2.45, 2.75) is 26.2 Å². The van der Waals surface area contributed by atoms with E-state index in [-0.39, 0.29) is 12.0 Å². The van der Waals surface area contributed by atoms with Crippen LogP contribution < -0.4 is 10.2 Å². The molecule has 7 nitrogen and oxygen atoms in total. The van der Waals surface area contributed by atoms with Crippen molar-refractivity contribution in [3.63, 3.8) is 0 Å². The van der Waals surface area contributed by atoms with Crippen LogP contribution in [0.2, 0.25) is 0 Å². The maximum atomic E-state index is 12.4. The fraction of sp³-hybridized carbons (Fsp3) is 0.600. The van der Waals surface area contributed by atoms with Crippen molar-refractivity contribution < 1.29 is 14.3 Å². The van der Waals surface area contributed by atoms with Crippen LogP contribution in [0.5, 0.6) is 0 Å². The molecule has 7 heteroatoms. The van der Waals surface area contributed by atoms with Gasteiger partial charge in [0.2, 0.25) is 5.91 Å². The number of ether oxygens (including phenoxy) is 1. The monoisotopic (exact) mass is 374 g/mol. The number of benzene rings is 1. The van der Waals surface area contributed by atoms with Crippen LogP contribution >= 0.6 is 0 Å². The van der Waals surface area contributed by atoms with E-state index in [4.69, 9.17) is 4.74 Å². The standard InChI is InChI=1S/C20H30N4O3/c1-2-27-20(26)24-15-13-23(14-16-24)19(25)9-10-21-17-5-7-18(8-6-17)22-11-3-4-12-22/h5-8,21H,2-4,9-16H2,1H3. The Labute approximate surface area is 161 Å². The number of piperazine rings is 1. The van der Waals surface area contributed by atoms with Gasteiger partial charge in [0, 0.05) is 63.6 Å². The first-order valence-corrected chi connectivity index (χ1v) is 9.95. The van der Waals surface area contributed by atoms with Crippen LogP contribution in [0.4, 0.5) is 16.2 Å². The zero-order valence-corrected chi connectivity index (χ0v) is 16.2. The number of carbonyl (C=O) groups excluding carboxylic acids is 2. The molecule has 1 aromatic rings. The van der Waals surface area contributed by atoms with E-state index in [9.17, 15) is 9.59 Å². The van der Waals surface area contributed by atoms with E-state index in [1.807, 2.05) is 4.90 Å². The van der Waals surface area contributed by atoms with E-state index >= 15 is 0 Å². The highest BCUT2D eigenvalue weighted by Gasteiger charge is 2.24. The van der Waals surface area contributed by atoms with Gasteiger partial charge in [0.15, 0.2) is 0 Å². The molecule has 27 heavy (non-hydrogen) atoms. The highest BCUT2D eigenvalue weighted by atomic mass is 16.6. The van der Waals surface area contributed by atoms with Crippen molar-refractivity contribution in [2.75, 3.05) is 62.6 Å². The average molecular weight is 374 g/mol. The van der Waals surface area contributed by atoms with Crippen LogP contribution in [0.1, 0.15) is 26.2 Å². The molecule has 2 fully saturated rings. The molecular weight excluding hydrogens is 344 g/mol. The zero-order chi connectivity index (χ0) is 19.1. The molecule has 2 aliphatic rings. The summed E-state index contributed by atoms with van der Waals surface area (Å²) in [4.78, 5) is 30.0. The van der Waals surface area contributed by atoms with Crippen molar-refractivity contribution in [1.29, 1.82) is 0 Å². The number of hydrogen-bond donors (Lipinski definition) is 1. The summed E-state index contributed by atoms with van der Waals surface area (Å²) in [6.45, 7) is 7.29. The quantitative estimate of drug-likeness (QED) is 0.828. The zero-order valence-electron chi connectivity index (χ0n) is 16.2. The van der Waals surface area contributed by atoms with Gasteiger partial charge in [-0.05, 0) is 44.0 Å². The first kappa shape index (κ1) is 19.3. The van der Waals surface area contributed by atoms with Crippen molar-refractivity contribution >= 4 is 23.4 Å². The van der Waals surface area contributed by atoms with Gasteiger partial charge in [-0.3, -0.25) is 4.79 Å². The minimum absolute atomic E-state index is 0.125. The number of nitrogens with zero attached hydrogens (tertiary/aromatic N) is 3. The molecule has 1 aromatic carbocycles. The van der Waals surface area contributed by atoms with Crippen LogP contribution in [0.3, 0.4) is 0 Å². The SMILES string of the molecule is CCOC(=O)N1CCN(C(=O)CCNc2ccc(N3CCCC3)cc2)CC1. The van der Waals surface area contributed by atoms with Gasteiger partial charge < -0.3 is 24.8 Å². The van der Waals surface area contributed by atoms with Crippen LogP contribution in [-0.2, 0) is 9.53 Å². The van der Waals surface area contributed by atoms with E-state index in [1.54, 1.807) is 11.8 Å². The molecule has 1 N–H and O–H groups in total. The number of anilines is 2. The maximum absolute atomic E-state index is 12.4. The Morgan fingerprint density at radius 3 is 2.22 bits per heavy atom. The fourth-order valence-corrected chi connectivity index (χ4v) is 3.59. The Bertz CT molecular complexity index is 621. The lowest BCUT2D eigenvalue weighted by Crippen LogP contribution is -2.50. The molecule has 2 amide bonds. The Morgan fingerprint density at radius 2 is 1.59 bits per heavy atom. The van der Waals surface area contributed by atoms with E-state index in [1.165, 1.54) is 18.5 Å². The third-order valence-electron chi connectivity index (χ3n) is 5.16. The highest BCUT2D eigenvalue weighted by molar-refractivity contribution is 5.77. The van der Waals surface area contributed by atoms with E-state index < -0.39 is 0 Å². The largest absolute Gasteiger partial charge is 0.450 e. The molecule has 2 saturated heterocycles.